The standard InChI is InChI=1S/C14H15FN2O2/c15-11-6-4-10(5-7-11)13(9-18)17-12(8-16)2-1-3-14(17)19/h4-7,12-13,18H,1-3,9H2/t12?,13-/m0/s1. The number of piperidine rings is 1. The monoisotopic (exact) mass is 262 g/mol. The molecule has 1 N–H and O–H groups in total. The van der Waals surface area contributed by atoms with Crippen molar-refractivity contribution in [2.75, 3.05) is 6.61 Å². The molecule has 0 aliphatic carbocycles. The third-order valence-corrected chi connectivity index (χ3v) is 3.40. The van der Waals surface area contributed by atoms with E-state index in [1.807, 2.05) is 0 Å². The van der Waals surface area contributed by atoms with Gasteiger partial charge in [-0.2, -0.15) is 5.26 Å². The van der Waals surface area contributed by atoms with Gasteiger partial charge in [0, 0.05) is 6.42 Å². The highest BCUT2D eigenvalue weighted by atomic mass is 19.1. The molecule has 4 nitrogen and oxygen atoms in total. The molecule has 1 heterocycles. The topological polar surface area (TPSA) is 64.3 Å². The number of aliphatic hydroxyl groups is 1. The Morgan fingerprint density at radius 2 is 2.16 bits per heavy atom. The van der Waals surface area contributed by atoms with Gasteiger partial charge in [0.2, 0.25) is 5.91 Å². The second-order valence-electron chi connectivity index (χ2n) is 4.59. The number of hydrogen-bond donors (Lipinski definition) is 1. The van der Waals surface area contributed by atoms with Crippen LogP contribution in [0, 0.1) is 17.1 Å². The number of amides is 1. The Hall–Kier alpha value is -1.93. The number of carbonyl (C=O) groups is 1. The molecule has 2 atom stereocenters. The molecule has 0 saturated carbocycles. The lowest BCUT2D eigenvalue weighted by atomic mass is 9.97. The summed E-state index contributed by atoms with van der Waals surface area (Å²) in [5.74, 6) is -0.511. The third kappa shape index (κ3) is 2.74. The van der Waals surface area contributed by atoms with Crippen LogP contribution >= 0.6 is 0 Å². The molecule has 0 aromatic heterocycles. The Kier molecular flexibility index (Phi) is 4.13. The number of halogens is 1. The van der Waals surface area contributed by atoms with Crippen molar-refractivity contribution in [2.45, 2.75) is 31.3 Å². The van der Waals surface area contributed by atoms with E-state index in [9.17, 15) is 14.3 Å². The van der Waals surface area contributed by atoms with Crippen molar-refractivity contribution in [3.8, 4) is 6.07 Å². The average Bonchev–Trinajstić information content (AvgIpc) is 2.43. The smallest absolute Gasteiger partial charge is 0.224 e. The van der Waals surface area contributed by atoms with Gasteiger partial charge in [-0.1, -0.05) is 12.1 Å². The molecule has 5 heteroatoms. The molecule has 1 amide bonds. The summed E-state index contributed by atoms with van der Waals surface area (Å²) >= 11 is 0. The number of aliphatic hydroxyl groups excluding tert-OH is 1. The van der Waals surface area contributed by atoms with Crippen molar-refractivity contribution in [3.63, 3.8) is 0 Å². The molecule has 0 spiro atoms. The molecule has 1 aromatic carbocycles. The summed E-state index contributed by atoms with van der Waals surface area (Å²) in [5, 5.41) is 18.7. The van der Waals surface area contributed by atoms with Crippen molar-refractivity contribution in [2.24, 2.45) is 0 Å². The summed E-state index contributed by atoms with van der Waals surface area (Å²) in [7, 11) is 0. The summed E-state index contributed by atoms with van der Waals surface area (Å²) in [6.07, 6.45) is 1.69. The number of benzene rings is 1. The highest BCUT2D eigenvalue weighted by Gasteiger charge is 2.34. The molecular weight excluding hydrogens is 247 g/mol. The van der Waals surface area contributed by atoms with Gasteiger partial charge in [0.1, 0.15) is 11.9 Å². The fourth-order valence-corrected chi connectivity index (χ4v) is 2.45. The van der Waals surface area contributed by atoms with Crippen molar-refractivity contribution in [1.82, 2.24) is 4.90 Å². The quantitative estimate of drug-likeness (QED) is 0.902. The summed E-state index contributed by atoms with van der Waals surface area (Å²) in [6.45, 7) is -0.282. The number of likely N-dealkylation sites (tertiary alicyclic amines) is 1. The lowest BCUT2D eigenvalue weighted by Gasteiger charge is -2.37. The number of nitrogens with zero attached hydrogens (tertiary/aromatic N) is 2. The predicted octanol–water partition coefficient (Wildman–Crippen LogP) is 1.76. The highest BCUT2D eigenvalue weighted by Crippen LogP contribution is 2.29. The molecular formula is C14H15FN2O2. The van der Waals surface area contributed by atoms with Crippen LogP contribution in [0.1, 0.15) is 30.9 Å². The van der Waals surface area contributed by atoms with E-state index in [1.165, 1.54) is 29.2 Å². The molecule has 19 heavy (non-hydrogen) atoms. The fourth-order valence-electron chi connectivity index (χ4n) is 2.45. The largest absolute Gasteiger partial charge is 0.394 e. The SMILES string of the molecule is N#CC1CCCC(=O)N1[C@@H](CO)c1ccc(F)cc1. The number of carbonyl (C=O) groups excluding carboxylic acids is 1. The molecule has 1 saturated heterocycles. The van der Waals surface area contributed by atoms with Crippen LogP contribution in [0.15, 0.2) is 24.3 Å². The zero-order valence-electron chi connectivity index (χ0n) is 10.4. The fraction of sp³-hybridized carbons (Fsp3) is 0.429. The number of rotatable bonds is 3. The van der Waals surface area contributed by atoms with Crippen LogP contribution in [-0.4, -0.2) is 28.6 Å². The first-order chi connectivity index (χ1) is 9.17. The minimum atomic E-state index is -0.585. The Balaban J connectivity index is 2.31. The van der Waals surface area contributed by atoms with Crippen LogP contribution in [0.4, 0.5) is 4.39 Å². The third-order valence-electron chi connectivity index (χ3n) is 3.40. The second-order valence-corrected chi connectivity index (χ2v) is 4.59. The molecule has 1 aliphatic rings. The molecule has 1 aromatic rings. The van der Waals surface area contributed by atoms with Gasteiger partial charge in [0.15, 0.2) is 0 Å². The average molecular weight is 262 g/mol. The lowest BCUT2D eigenvalue weighted by Crippen LogP contribution is -2.46. The van der Waals surface area contributed by atoms with Crippen molar-refractivity contribution in [3.05, 3.63) is 35.6 Å². The van der Waals surface area contributed by atoms with Crippen LogP contribution in [0.3, 0.4) is 0 Å². The first-order valence-corrected chi connectivity index (χ1v) is 6.24. The highest BCUT2D eigenvalue weighted by molar-refractivity contribution is 5.78. The Labute approximate surface area is 111 Å². The van der Waals surface area contributed by atoms with E-state index in [0.717, 1.165) is 0 Å². The van der Waals surface area contributed by atoms with Gasteiger partial charge in [-0.3, -0.25) is 4.79 Å². The van der Waals surface area contributed by atoms with Crippen molar-refractivity contribution >= 4 is 5.91 Å². The molecule has 100 valence electrons. The van der Waals surface area contributed by atoms with E-state index in [4.69, 9.17) is 5.26 Å². The summed E-state index contributed by atoms with van der Waals surface area (Å²) in [6, 6.07) is 6.63. The maximum Gasteiger partial charge on any atom is 0.224 e. The number of nitriles is 1. The van der Waals surface area contributed by atoms with Gasteiger partial charge >= 0.3 is 0 Å². The summed E-state index contributed by atoms with van der Waals surface area (Å²) in [4.78, 5) is 13.4. The van der Waals surface area contributed by atoms with Crippen LogP contribution in [0.2, 0.25) is 0 Å². The van der Waals surface area contributed by atoms with Gasteiger partial charge < -0.3 is 10.0 Å². The maximum atomic E-state index is 12.9. The Bertz CT molecular complexity index is 495. The minimum absolute atomic E-state index is 0.138. The van der Waals surface area contributed by atoms with Crippen LogP contribution in [0.5, 0.6) is 0 Å². The summed E-state index contributed by atoms with van der Waals surface area (Å²) in [5.41, 5.74) is 0.638. The normalized spacial score (nSPS) is 21.0. The van der Waals surface area contributed by atoms with Gasteiger partial charge in [-0.05, 0) is 30.5 Å². The van der Waals surface area contributed by atoms with Crippen molar-refractivity contribution < 1.29 is 14.3 Å². The molecule has 1 unspecified atom stereocenters. The van der Waals surface area contributed by atoms with Crippen LogP contribution in [0.25, 0.3) is 0 Å². The van der Waals surface area contributed by atoms with E-state index in [1.54, 1.807) is 0 Å². The van der Waals surface area contributed by atoms with Gasteiger partial charge in [0.05, 0.1) is 18.7 Å². The minimum Gasteiger partial charge on any atom is -0.394 e. The molecule has 0 bridgehead atoms. The lowest BCUT2D eigenvalue weighted by molar-refractivity contribution is -0.139. The Morgan fingerprint density at radius 1 is 1.47 bits per heavy atom. The first kappa shape index (κ1) is 13.5. The van der Waals surface area contributed by atoms with Crippen LogP contribution in [-0.2, 0) is 4.79 Å². The summed E-state index contributed by atoms with van der Waals surface area (Å²) < 4.78 is 12.9. The van der Waals surface area contributed by atoms with E-state index in [2.05, 4.69) is 6.07 Å². The number of hydrogen-bond acceptors (Lipinski definition) is 3. The first-order valence-electron chi connectivity index (χ1n) is 6.24. The molecule has 0 radical (unpaired) electrons. The van der Waals surface area contributed by atoms with E-state index >= 15 is 0 Å². The predicted molar refractivity (Wildman–Crippen MR) is 66.3 cm³/mol. The van der Waals surface area contributed by atoms with E-state index in [0.29, 0.717) is 24.8 Å². The van der Waals surface area contributed by atoms with Gasteiger partial charge in [0.25, 0.3) is 0 Å². The Morgan fingerprint density at radius 3 is 2.74 bits per heavy atom. The maximum absolute atomic E-state index is 12.9. The van der Waals surface area contributed by atoms with Gasteiger partial charge in [-0.25, -0.2) is 4.39 Å². The zero-order valence-corrected chi connectivity index (χ0v) is 10.4. The second kappa shape index (κ2) is 5.81. The van der Waals surface area contributed by atoms with Gasteiger partial charge in [-0.15, -0.1) is 0 Å². The van der Waals surface area contributed by atoms with Crippen molar-refractivity contribution in [1.29, 1.82) is 5.26 Å². The zero-order chi connectivity index (χ0) is 13.8. The molecule has 1 fully saturated rings. The van der Waals surface area contributed by atoms with Crippen LogP contribution < -0.4 is 0 Å². The molecule has 2 rings (SSSR count). The van der Waals surface area contributed by atoms with E-state index in [-0.39, 0.29) is 18.3 Å². The molecule has 1 aliphatic heterocycles. The van der Waals surface area contributed by atoms with E-state index < -0.39 is 12.1 Å².